The quantitative estimate of drug-likeness (QED) is 0.263. The summed E-state index contributed by atoms with van der Waals surface area (Å²) >= 11 is 0. The van der Waals surface area contributed by atoms with Crippen LogP contribution in [0, 0.1) is 12.3 Å². The minimum atomic E-state index is -0.938. The van der Waals surface area contributed by atoms with Gasteiger partial charge in [-0.3, -0.25) is 19.2 Å². The number of carbonyl (C=O) groups excluding carboxylic acids is 4. The van der Waals surface area contributed by atoms with Crippen LogP contribution in [0.2, 0.25) is 0 Å². The van der Waals surface area contributed by atoms with Gasteiger partial charge in [-0.2, -0.15) is 0 Å². The second kappa shape index (κ2) is 16.9. The molecule has 0 aliphatic carbocycles. The molecule has 11 nitrogen and oxygen atoms in total. The first-order chi connectivity index (χ1) is 17.5. The Hall–Kier alpha value is -3.62. The second-order valence-electron chi connectivity index (χ2n) is 7.99. The molecule has 0 spiro atoms. The highest BCUT2D eigenvalue weighted by Crippen LogP contribution is 2.08. The summed E-state index contributed by atoms with van der Waals surface area (Å²) in [5, 5.41) is 10.7. The third kappa shape index (κ3) is 11.7. The van der Waals surface area contributed by atoms with Crippen LogP contribution in [0.1, 0.15) is 25.7 Å². The van der Waals surface area contributed by atoms with Crippen molar-refractivity contribution in [3.05, 3.63) is 30.3 Å². The molecule has 2 rings (SSSR count). The van der Waals surface area contributed by atoms with Crippen LogP contribution in [0.4, 0.5) is 0 Å². The number of carbonyl (C=O) groups is 4. The fourth-order valence-corrected chi connectivity index (χ4v) is 3.28. The number of nitrogens with one attached hydrogen (secondary N) is 4. The number of amides is 4. The first-order valence-electron chi connectivity index (χ1n) is 11.9. The normalized spacial score (nSPS) is 19.9. The van der Waals surface area contributed by atoms with Crippen molar-refractivity contribution in [2.75, 3.05) is 46.1 Å². The molecule has 0 aromatic heterocycles. The van der Waals surface area contributed by atoms with E-state index in [2.05, 4.69) is 27.2 Å². The van der Waals surface area contributed by atoms with Gasteiger partial charge in [0.2, 0.25) is 17.7 Å². The minimum Gasteiger partial charge on any atom is -0.484 e. The monoisotopic (exact) mass is 502 g/mol. The maximum absolute atomic E-state index is 12.9. The highest BCUT2D eigenvalue weighted by atomic mass is 16.5. The molecule has 0 saturated carbocycles. The van der Waals surface area contributed by atoms with Crippen molar-refractivity contribution in [3.8, 4) is 18.1 Å². The van der Waals surface area contributed by atoms with E-state index in [1.807, 2.05) is 18.2 Å². The van der Waals surface area contributed by atoms with Crippen molar-refractivity contribution >= 4 is 23.6 Å². The number of ether oxygens (including phenoxy) is 3. The predicted molar refractivity (Wildman–Crippen MR) is 131 cm³/mol. The standard InChI is InChI=1S/C25H34N4O7/c1-2-8-20-24(32)27-13-14-34-15-16-35-17-23(31)28-21(25(33)29-20)11-6-7-12-26-22(30)18-36-19-9-4-3-5-10-19/h1,3-5,9-10,20-21H,6-8,11-18H2,(H,26,30)(H,27,32)(H,28,31)(H,29,33). The summed E-state index contributed by atoms with van der Waals surface area (Å²) < 4.78 is 16.0. The molecule has 11 heteroatoms. The molecule has 2 atom stereocenters. The summed E-state index contributed by atoms with van der Waals surface area (Å²) in [4.78, 5) is 49.6. The number of terminal acetylenes is 1. The van der Waals surface area contributed by atoms with Gasteiger partial charge in [0.25, 0.3) is 5.91 Å². The molecule has 0 bridgehead atoms. The molecular weight excluding hydrogens is 468 g/mol. The number of rotatable bonds is 9. The van der Waals surface area contributed by atoms with Crippen LogP contribution in [0.3, 0.4) is 0 Å². The van der Waals surface area contributed by atoms with Crippen LogP contribution in [0.15, 0.2) is 30.3 Å². The van der Waals surface area contributed by atoms with Crippen molar-refractivity contribution in [2.24, 2.45) is 0 Å². The van der Waals surface area contributed by atoms with Gasteiger partial charge in [-0.15, -0.1) is 12.3 Å². The van der Waals surface area contributed by atoms with E-state index in [0.29, 0.717) is 31.6 Å². The Morgan fingerprint density at radius 1 is 1.03 bits per heavy atom. The van der Waals surface area contributed by atoms with Gasteiger partial charge in [0.05, 0.1) is 19.8 Å². The Labute approximate surface area is 211 Å². The van der Waals surface area contributed by atoms with Gasteiger partial charge < -0.3 is 35.5 Å². The molecule has 36 heavy (non-hydrogen) atoms. The molecule has 1 fully saturated rings. The van der Waals surface area contributed by atoms with E-state index in [-0.39, 0.29) is 51.9 Å². The maximum atomic E-state index is 12.9. The highest BCUT2D eigenvalue weighted by molar-refractivity contribution is 5.92. The predicted octanol–water partition coefficient (Wildman–Crippen LogP) is -0.492. The number of unbranched alkanes of at least 4 members (excludes halogenated alkanes) is 1. The van der Waals surface area contributed by atoms with Crippen LogP contribution < -0.4 is 26.0 Å². The third-order valence-corrected chi connectivity index (χ3v) is 5.11. The average molecular weight is 503 g/mol. The van der Waals surface area contributed by atoms with Gasteiger partial charge in [-0.1, -0.05) is 18.2 Å². The first kappa shape index (κ1) is 28.6. The molecule has 1 aliphatic rings. The van der Waals surface area contributed by atoms with Crippen molar-refractivity contribution < 1.29 is 33.4 Å². The second-order valence-corrected chi connectivity index (χ2v) is 7.99. The lowest BCUT2D eigenvalue weighted by Gasteiger charge is -2.22. The van der Waals surface area contributed by atoms with E-state index < -0.39 is 29.8 Å². The summed E-state index contributed by atoms with van der Waals surface area (Å²) in [7, 11) is 0. The zero-order chi connectivity index (χ0) is 26.0. The lowest BCUT2D eigenvalue weighted by atomic mass is 10.1. The largest absolute Gasteiger partial charge is 0.484 e. The van der Waals surface area contributed by atoms with Crippen LogP contribution in [-0.2, 0) is 28.7 Å². The van der Waals surface area contributed by atoms with Gasteiger partial charge in [-0.05, 0) is 31.4 Å². The van der Waals surface area contributed by atoms with Gasteiger partial charge in [0.1, 0.15) is 24.4 Å². The van der Waals surface area contributed by atoms with Crippen molar-refractivity contribution in [2.45, 2.75) is 37.8 Å². The number of hydrogen-bond donors (Lipinski definition) is 4. The summed E-state index contributed by atoms with van der Waals surface area (Å²) in [6.07, 6.45) is 6.75. The Morgan fingerprint density at radius 3 is 2.58 bits per heavy atom. The molecular formula is C25H34N4O7. The van der Waals surface area contributed by atoms with Crippen LogP contribution in [-0.4, -0.2) is 81.8 Å². The van der Waals surface area contributed by atoms with E-state index in [1.54, 1.807) is 12.1 Å². The summed E-state index contributed by atoms with van der Waals surface area (Å²) in [6, 6.07) is 7.18. The lowest BCUT2D eigenvalue weighted by Crippen LogP contribution is -2.54. The number of hydrogen-bond acceptors (Lipinski definition) is 7. The molecule has 196 valence electrons. The van der Waals surface area contributed by atoms with Crippen molar-refractivity contribution in [1.29, 1.82) is 0 Å². The molecule has 1 aromatic carbocycles. The molecule has 1 heterocycles. The Balaban J connectivity index is 1.84. The SMILES string of the molecule is C#CCC1NC(=O)C(CCCCNC(=O)COc2ccccc2)NC(=O)COCCOCCNC1=O. The Bertz CT molecular complexity index is 888. The Morgan fingerprint density at radius 2 is 1.81 bits per heavy atom. The summed E-state index contributed by atoms with van der Waals surface area (Å²) in [5.41, 5.74) is 0. The van der Waals surface area contributed by atoms with Crippen molar-refractivity contribution in [3.63, 3.8) is 0 Å². The minimum absolute atomic E-state index is 0.000702. The Kier molecular flexibility index (Phi) is 13.4. The molecule has 4 N–H and O–H groups in total. The summed E-state index contributed by atoms with van der Waals surface area (Å²) in [6.45, 7) is 1.02. The fraction of sp³-hybridized carbons (Fsp3) is 0.520. The molecule has 1 aliphatic heterocycles. The van der Waals surface area contributed by atoms with Crippen LogP contribution >= 0.6 is 0 Å². The van der Waals surface area contributed by atoms with E-state index >= 15 is 0 Å². The third-order valence-electron chi connectivity index (χ3n) is 5.11. The molecule has 4 amide bonds. The van der Waals surface area contributed by atoms with Crippen LogP contribution in [0.5, 0.6) is 5.75 Å². The van der Waals surface area contributed by atoms with Gasteiger partial charge in [0, 0.05) is 19.5 Å². The van der Waals surface area contributed by atoms with E-state index in [1.165, 1.54) is 0 Å². The fourth-order valence-electron chi connectivity index (χ4n) is 3.28. The topological polar surface area (TPSA) is 144 Å². The molecule has 0 radical (unpaired) electrons. The smallest absolute Gasteiger partial charge is 0.257 e. The molecule has 1 aromatic rings. The first-order valence-corrected chi connectivity index (χ1v) is 11.9. The lowest BCUT2D eigenvalue weighted by molar-refractivity contribution is -0.133. The average Bonchev–Trinajstić information content (AvgIpc) is 2.88. The van der Waals surface area contributed by atoms with Gasteiger partial charge in [-0.25, -0.2) is 0 Å². The zero-order valence-electron chi connectivity index (χ0n) is 20.3. The van der Waals surface area contributed by atoms with Gasteiger partial charge >= 0.3 is 0 Å². The van der Waals surface area contributed by atoms with E-state index in [4.69, 9.17) is 20.6 Å². The summed E-state index contributed by atoms with van der Waals surface area (Å²) in [5.74, 6) is 1.31. The number of benzene rings is 1. The molecule has 2 unspecified atom stereocenters. The highest BCUT2D eigenvalue weighted by Gasteiger charge is 2.26. The van der Waals surface area contributed by atoms with Crippen molar-refractivity contribution in [1.82, 2.24) is 21.3 Å². The van der Waals surface area contributed by atoms with E-state index in [9.17, 15) is 19.2 Å². The van der Waals surface area contributed by atoms with E-state index in [0.717, 1.165) is 0 Å². The number of para-hydroxylation sites is 1. The van der Waals surface area contributed by atoms with Gasteiger partial charge in [0.15, 0.2) is 6.61 Å². The molecule has 1 saturated heterocycles. The zero-order valence-corrected chi connectivity index (χ0v) is 20.3. The maximum Gasteiger partial charge on any atom is 0.257 e. The van der Waals surface area contributed by atoms with Crippen LogP contribution in [0.25, 0.3) is 0 Å².